The second-order valence-corrected chi connectivity index (χ2v) is 6.06. The minimum atomic E-state index is 0.537. The molecule has 0 amide bonds. The van der Waals surface area contributed by atoms with Crippen molar-refractivity contribution in [1.29, 1.82) is 0 Å². The van der Waals surface area contributed by atoms with Crippen LogP contribution in [0.3, 0.4) is 0 Å². The number of rotatable bonds is 10. The maximum absolute atomic E-state index is 6.07. The van der Waals surface area contributed by atoms with Crippen molar-refractivity contribution in [1.82, 2.24) is 10.2 Å². The van der Waals surface area contributed by atoms with Gasteiger partial charge >= 0.3 is 0 Å². The molecule has 0 atom stereocenters. The summed E-state index contributed by atoms with van der Waals surface area (Å²) in [7, 11) is 5.87. The normalized spacial score (nSPS) is 10.8. The van der Waals surface area contributed by atoms with E-state index in [-0.39, 0.29) is 0 Å². The lowest BCUT2D eigenvalue weighted by atomic mass is 10.1. The predicted octanol–water partition coefficient (Wildman–Crippen LogP) is 3.32. The Balaban J connectivity index is 1.96. The van der Waals surface area contributed by atoms with Gasteiger partial charge in [0.2, 0.25) is 0 Å². The van der Waals surface area contributed by atoms with E-state index in [9.17, 15) is 0 Å². The summed E-state index contributed by atoms with van der Waals surface area (Å²) in [6, 6.07) is 16.2. The fourth-order valence-corrected chi connectivity index (χ4v) is 2.50. The van der Waals surface area contributed by atoms with Crippen molar-refractivity contribution in [2.45, 2.75) is 19.6 Å². The Kier molecular flexibility index (Phi) is 7.59. The zero-order chi connectivity index (χ0) is 17.2. The van der Waals surface area contributed by atoms with Gasteiger partial charge in [-0.3, -0.25) is 0 Å². The van der Waals surface area contributed by atoms with E-state index in [1.54, 1.807) is 7.11 Å². The molecular formula is C20H28N2O2. The van der Waals surface area contributed by atoms with Gasteiger partial charge in [0.25, 0.3) is 0 Å². The van der Waals surface area contributed by atoms with Crippen molar-refractivity contribution < 1.29 is 9.47 Å². The molecule has 0 aliphatic rings. The quantitative estimate of drug-likeness (QED) is 0.679. The van der Waals surface area contributed by atoms with Crippen LogP contribution >= 0.6 is 0 Å². The highest BCUT2D eigenvalue weighted by Gasteiger charge is 2.10. The molecule has 2 rings (SSSR count). The second kappa shape index (κ2) is 9.96. The zero-order valence-corrected chi connectivity index (χ0v) is 14.9. The van der Waals surface area contributed by atoms with Crippen LogP contribution in [0.4, 0.5) is 0 Å². The first-order valence-electron chi connectivity index (χ1n) is 8.38. The third kappa shape index (κ3) is 5.87. The number of para-hydroxylation sites is 1. The van der Waals surface area contributed by atoms with Gasteiger partial charge in [-0.25, -0.2) is 0 Å². The van der Waals surface area contributed by atoms with Gasteiger partial charge in [-0.2, -0.15) is 0 Å². The molecular weight excluding hydrogens is 300 g/mol. The molecule has 0 radical (unpaired) electrons. The predicted molar refractivity (Wildman–Crippen MR) is 98.6 cm³/mol. The summed E-state index contributed by atoms with van der Waals surface area (Å²) in [6.07, 6.45) is 1.12. The highest BCUT2D eigenvalue weighted by atomic mass is 16.5. The summed E-state index contributed by atoms with van der Waals surface area (Å²) >= 11 is 0. The molecule has 0 aliphatic carbocycles. The van der Waals surface area contributed by atoms with Gasteiger partial charge in [0.05, 0.1) is 7.11 Å². The van der Waals surface area contributed by atoms with Gasteiger partial charge in [-0.1, -0.05) is 42.5 Å². The van der Waals surface area contributed by atoms with Crippen molar-refractivity contribution >= 4 is 0 Å². The first-order chi connectivity index (χ1) is 11.7. The molecule has 4 heteroatoms. The maximum atomic E-state index is 6.07. The number of hydrogen-bond acceptors (Lipinski definition) is 4. The van der Waals surface area contributed by atoms with E-state index < -0.39 is 0 Å². The van der Waals surface area contributed by atoms with E-state index in [4.69, 9.17) is 9.47 Å². The molecule has 2 aromatic rings. The molecule has 0 aromatic heterocycles. The van der Waals surface area contributed by atoms with Crippen molar-refractivity contribution in [3.63, 3.8) is 0 Å². The van der Waals surface area contributed by atoms with Gasteiger partial charge in [0.15, 0.2) is 11.5 Å². The third-order valence-corrected chi connectivity index (χ3v) is 3.78. The molecule has 0 fully saturated rings. The molecule has 0 heterocycles. The summed E-state index contributed by atoms with van der Waals surface area (Å²) in [6.45, 7) is 3.37. The second-order valence-electron chi connectivity index (χ2n) is 6.06. The van der Waals surface area contributed by atoms with Crippen LogP contribution in [0.25, 0.3) is 0 Å². The topological polar surface area (TPSA) is 33.7 Å². The lowest BCUT2D eigenvalue weighted by molar-refractivity contribution is 0.280. The third-order valence-electron chi connectivity index (χ3n) is 3.78. The summed E-state index contributed by atoms with van der Waals surface area (Å²) in [5.74, 6) is 1.60. The fraction of sp³-hybridized carbons (Fsp3) is 0.400. The summed E-state index contributed by atoms with van der Waals surface area (Å²) in [5, 5.41) is 3.48. The molecule has 0 aliphatic heterocycles. The van der Waals surface area contributed by atoms with E-state index in [1.165, 1.54) is 0 Å². The van der Waals surface area contributed by atoms with Crippen molar-refractivity contribution in [2.75, 3.05) is 34.3 Å². The Labute approximate surface area is 145 Å². The van der Waals surface area contributed by atoms with E-state index in [0.29, 0.717) is 6.61 Å². The lowest BCUT2D eigenvalue weighted by Crippen LogP contribution is -2.21. The Hall–Kier alpha value is -2.04. The van der Waals surface area contributed by atoms with E-state index in [2.05, 4.69) is 42.5 Å². The van der Waals surface area contributed by atoms with Gasteiger partial charge in [-0.05, 0) is 45.2 Å². The molecule has 1 N–H and O–H groups in total. The average Bonchev–Trinajstić information content (AvgIpc) is 2.60. The zero-order valence-electron chi connectivity index (χ0n) is 14.9. The number of hydrogen-bond donors (Lipinski definition) is 1. The first kappa shape index (κ1) is 18.3. The van der Waals surface area contributed by atoms with Crippen LogP contribution in [0.15, 0.2) is 48.5 Å². The highest BCUT2D eigenvalue weighted by molar-refractivity contribution is 5.46. The van der Waals surface area contributed by atoms with Gasteiger partial charge in [-0.15, -0.1) is 0 Å². The molecule has 0 saturated heterocycles. The van der Waals surface area contributed by atoms with Crippen LogP contribution in [-0.4, -0.2) is 39.2 Å². The van der Waals surface area contributed by atoms with Gasteiger partial charge < -0.3 is 19.7 Å². The number of ether oxygens (including phenoxy) is 2. The fourth-order valence-electron chi connectivity index (χ4n) is 2.50. The highest BCUT2D eigenvalue weighted by Crippen LogP contribution is 2.31. The standard InChI is InChI=1S/C20H28N2O2/c1-22(2)14-8-13-21-15-18-11-7-12-19(23-3)20(18)24-16-17-9-5-4-6-10-17/h4-7,9-12,21H,8,13-16H2,1-3H3. The summed E-state index contributed by atoms with van der Waals surface area (Å²) in [5.41, 5.74) is 2.27. The molecule has 2 aromatic carbocycles. The number of nitrogens with zero attached hydrogens (tertiary/aromatic N) is 1. The number of methoxy groups -OCH3 is 1. The lowest BCUT2D eigenvalue weighted by Gasteiger charge is -2.16. The van der Waals surface area contributed by atoms with Crippen LogP contribution in [-0.2, 0) is 13.2 Å². The van der Waals surface area contributed by atoms with Crippen LogP contribution in [0.5, 0.6) is 11.5 Å². The van der Waals surface area contributed by atoms with E-state index >= 15 is 0 Å². The van der Waals surface area contributed by atoms with Crippen LogP contribution in [0.1, 0.15) is 17.5 Å². The Morgan fingerprint density at radius 2 is 1.79 bits per heavy atom. The summed E-state index contributed by atoms with van der Waals surface area (Å²) in [4.78, 5) is 2.20. The van der Waals surface area contributed by atoms with Gasteiger partial charge in [0.1, 0.15) is 6.61 Å². The molecule has 130 valence electrons. The monoisotopic (exact) mass is 328 g/mol. The number of benzene rings is 2. The van der Waals surface area contributed by atoms with Crippen molar-refractivity contribution in [3.05, 3.63) is 59.7 Å². The van der Waals surface area contributed by atoms with Crippen LogP contribution in [0, 0.1) is 0 Å². The Bertz CT molecular complexity index is 600. The maximum Gasteiger partial charge on any atom is 0.166 e. The minimum Gasteiger partial charge on any atom is -0.493 e. The molecule has 0 unspecified atom stereocenters. The van der Waals surface area contributed by atoms with Crippen LogP contribution in [0.2, 0.25) is 0 Å². The summed E-state index contributed by atoms with van der Waals surface area (Å²) < 4.78 is 11.5. The largest absolute Gasteiger partial charge is 0.493 e. The van der Waals surface area contributed by atoms with E-state index in [0.717, 1.165) is 48.7 Å². The molecule has 24 heavy (non-hydrogen) atoms. The smallest absolute Gasteiger partial charge is 0.166 e. The Morgan fingerprint density at radius 3 is 2.50 bits per heavy atom. The van der Waals surface area contributed by atoms with Gasteiger partial charge in [0, 0.05) is 12.1 Å². The van der Waals surface area contributed by atoms with Crippen LogP contribution < -0.4 is 14.8 Å². The van der Waals surface area contributed by atoms with Crippen molar-refractivity contribution in [2.24, 2.45) is 0 Å². The first-order valence-corrected chi connectivity index (χ1v) is 8.38. The molecule has 0 spiro atoms. The van der Waals surface area contributed by atoms with Crippen molar-refractivity contribution in [3.8, 4) is 11.5 Å². The minimum absolute atomic E-state index is 0.537. The average molecular weight is 328 g/mol. The molecule has 0 bridgehead atoms. The van der Waals surface area contributed by atoms with E-state index in [1.807, 2.05) is 30.3 Å². The molecule has 0 saturated carbocycles. The number of nitrogens with one attached hydrogen (secondary N) is 1. The SMILES string of the molecule is COc1cccc(CNCCCN(C)C)c1OCc1ccccc1. The molecule has 4 nitrogen and oxygen atoms in total. The Morgan fingerprint density at radius 1 is 1.00 bits per heavy atom.